The van der Waals surface area contributed by atoms with Crippen LogP contribution in [0.25, 0.3) is 11.0 Å². The van der Waals surface area contributed by atoms with Crippen LogP contribution >= 0.6 is 0 Å². The Labute approximate surface area is 228 Å². The Morgan fingerprint density at radius 2 is 1.79 bits per heavy atom. The van der Waals surface area contributed by atoms with Gasteiger partial charge in [-0.3, -0.25) is 4.79 Å². The van der Waals surface area contributed by atoms with Gasteiger partial charge in [0.25, 0.3) is 5.91 Å². The number of amides is 1. The zero-order valence-electron chi connectivity index (χ0n) is 22.7. The van der Waals surface area contributed by atoms with Gasteiger partial charge in [-0.25, -0.2) is 4.99 Å². The van der Waals surface area contributed by atoms with Crippen molar-refractivity contribution >= 4 is 33.9 Å². The topological polar surface area (TPSA) is 76.3 Å². The summed E-state index contributed by atoms with van der Waals surface area (Å²) in [5.74, 6) is 0.916. The van der Waals surface area contributed by atoms with Crippen molar-refractivity contribution in [1.82, 2.24) is 0 Å². The molecule has 1 N–H and O–H groups in total. The minimum atomic E-state index is -0.274. The van der Waals surface area contributed by atoms with E-state index >= 15 is 0 Å². The molecule has 200 valence electrons. The number of fused-ring (bicyclic) bond motifs is 2. The van der Waals surface area contributed by atoms with E-state index in [-0.39, 0.29) is 11.5 Å². The monoisotopic (exact) mass is 523 g/mol. The van der Waals surface area contributed by atoms with Crippen LogP contribution in [0.15, 0.2) is 64.0 Å². The van der Waals surface area contributed by atoms with E-state index < -0.39 is 0 Å². The van der Waals surface area contributed by atoms with Gasteiger partial charge in [0.05, 0.1) is 14.2 Å². The molecule has 7 nitrogen and oxygen atoms in total. The number of methoxy groups -OCH3 is 2. The molecule has 0 saturated heterocycles. The van der Waals surface area contributed by atoms with E-state index in [1.165, 1.54) is 22.4 Å². The summed E-state index contributed by atoms with van der Waals surface area (Å²) < 4.78 is 17.5. The Bertz CT molecular complexity index is 1620. The third-order valence-electron chi connectivity index (χ3n) is 7.70. The molecule has 3 heterocycles. The third-order valence-corrected chi connectivity index (χ3v) is 7.70. The lowest BCUT2D eigenvalue weighted by molar-refractivity contribution is 0.102. The molecule has 7 heteroatoms. The molecule has 2 aliphatic heterocycles. The minimum Gasteiger partial charge on any atom is -0.497 e. The first-order valence-corrected chi connectivity index (χ1v) is 13.6. The summed E-state index contributed by atoms with van der Waals surface area (Å²) in [4.78, 5) is 21.0. The van der Waals surface area contributed by atoms with E-state index in [2.05, 4.69) is 23.2 Å². The highest BCUT2D eigenvalue weighted by molar-refractivity contribution is 6.06. The van der Waals surface area contributed by atoms with Crippen molar-refractivity contribution in [1.29, 1.82) is 0 Å². The van der Waals surface area contributed by atoms with E-state index in [4.69, 9.17) is 18.9 Å². The molecule has 39 heavy (non-hydrogen) atoms. The van der Waals surface area contributed by atoms with Crippen LogP contribution in [0.3, 0.4) is 0 Å². The Balaban J connectivity index is 1.54. The van der Waals surface area contributed by atoms with Crippen molar-refractivity contribution in [3.05, 3.63) is 82.4 Å². The summed E-state index contributed by atoms with van der Waals surface area (Å²) in [5.41, 5.74) is 7.77. The molecule has 0 aliphatic carbocycles. The Kier molecular flexibility index (Phi) is 6.73. The fraction of sp³-hybridized carbons (Fsp3) is 0.312. The number of carbonyl (C=O) groups excluding carboxylic acids is 1. The molecule has 0 atom stereocenters. The fourth-order valence-electron chi connectivity index (χ4n) is 5.71. The van der Waals surface area contributed by atoms with E-state index in [0.29, 0.717) is 22.7 Å². The van der Waals surface area contributed by atoms with E-state index in [1.807, 2.05) is 36.4 Å². The molecule has 3 aromatic carbocycles. The van der Waals surface area contributed by atoms with E-state index in [9.17, 15) is 4.79 Å². The van der Waals surface area contributed by atoms with Crippen LogP contribution in [0.2, 0.25) is 0 Å². The normalized spacial score (nSPS) is 14.7. The largest absolute Gasteiger partial charge is 0.497 e. The molecule has 0 unspecified atom stereocenters. The highest BCUT2D eigenvalue weighted by Crippen LogP contribution is 2.40. The first kappa shape index (κ1) is 25.0. The van der Waals surface area contributed by atoms with Crippen LogP contribution in [-0.4, -0.2) is 33.2 Å². The molecular formula is C32H33N3O4. The highest BCUT2D eigenvalue weighted by Gasteiger charge is 2.27. The number of hydrogen-bond donors (Lipinski definition) is 1. The number of rotatable bonds is 6. The molecular weight excluding hydrogens is 490 g/mol. The lowest BCUT2D eigenvalue weighted by Gasteiger charge is -2.37. The predicted molar refractivity (Wildman–Crippen MR) is 154 cm³/mol. The number of ether oxygens (including phenoxy) is 2. The predicted octanol–water partition coefficient (Wildman–Crippen LogP) is 6.20. The number of hydrogen-bond acceptors (Lipinski definition) is 6. The van der Waals surface area contributed by atoms with Gasteiger partial charge in [0, 0.05) is 41.5 Å². The van der Waals surface area contributed by atoms with Crippen LogP contribution in [0.1, 0.15) is 46.8 Å². The maximum absolute atomic E-state index is 13.7. The van der Waals surface area contributed by atoms with Crippen molar-refractivity contribution in [2.45, 2.75) is 39.0 Å². The van der Waals surface area contributed by atoms with E-state index in [0.717, 1.165) is 61.9 Å². The summed E-state index contributed by atoms with van der Waals surface area (Å²) in [5, 5.41) is 3.97. The fourth-order valence-corrected chi connectivity index (χ4v) is 5.71. The molecule has 1 amide bonds. The molecule has 6 rings (SSSR count). The second kappa shape index (κ2) is 10.5. The zero-order valence-corrected chi connectivity index (χ0v) is 22.7. The van der Waals surface area contributed by atoms with Gasteiger partial charge in [-0.15, -0.1) is 0 Å². The second-order valence-corrected chi connectivity index (χ2v) is 10.1. The second-order valence-electron chi connectivity index (χ2n) is 10.1. The van der Waals surface area contributed by atoms with Crippen LogP contribution < -0.4 is 25.2 Å². The number of carbonyl (C=O) groups is 1. The molecule has 0 spiro atoms. The van der Waals surface area contributed by atoms with Crippen LogP contribution in [0, 0.1) is 0 Å². The summed E-state index contributed by atoms with van der Waals surface area (Å²) in [6, 6.07) is 17.4. The van der Waals surface area contributed by atoms with Crippen molar-refractivity contribution in [2.75, 3.05) is 37.5 Å². The van der Waals surface area contributed by atoms with Crippen LogP contribution in [0.4, 0.5) is 17.1 Å². The molecule has 4 aromatic rings. The van der Waals surface area contributed by atoms with Gasteiger partial charge in [0.2, 0.25) is 5.55 Å². The van der Waals surface area contributed by atoms with Crippen molar-refractivity contribution < 1.29 is 18.7 Å². The Morgan fingerprint density at radius 3 is 2.54 bits per heavy atom. The van der Waals surface area contributed by atoms with Gasteiger partial charge >= 0.3 is 0 Å². The smallest absolute Gasteiger partial charge is 0.261 e. The summed E-state index contributed by atoms with van der Waals surface area (Å²) in [6.07, 6.45) is 5.14. The summed E-state index contributed by atoms with van der Waals surface area (Å²) >= 11 is 0. The molecule has 2 aliphatic rings. The highest BCUT2D eigenvalue weighted by atomic mass is 16.5. The molecule has 1 aromatic heterocycles. The molecule has 0 bridgehead atoms. The van der Waals surface area contributed by atoms with Crippen molar-refractivity contribution in [3.63, 3.8) is 0 Å². The lowest BCUT2D eigenvalue weighted by Crippen LogP contribution is -2.34. The van der Waals surface area contributed by atoms with Crippen molar-refractivity contribution in [2.24, 2.45) is 4.99 Å². The first-order valence-electron chi connectivity index (χ1n) is 13.6. The standard InChI is InChI=1S/C32H33N3O4/c1-4-20-9-11-23(12-10-20)33-31(36)26-18-22-17-21-7-5-15-35-16-6-8-25(29(21)35)30(22)39-32(26)34-27-14-13-24(37-2)19-28(27)38-3/h9-14,17-19H,4-8,15-16H2,1-3H3,(H,33,36). The maximum atomic E-state index is 13.7. The van der Waals surface area contributed by atoms with Gasteiger partial charge in [-0.05, 0) is 79.6 Å². The van der Waals surface area contributed by atoms with Gasteiger partial charge in [-0.2, -0.15) is 0 Å². The summed E-state index contributed by atoms with van der Waals surface area (Å²) in [6.45, 7) is 4.25. The Morgan fingerprint density at radius 1 is 1.00 bits per heavy atom. The number of anilines is 2. The number of nitrogens with one attached hydrogen (secondary N) is 1. The van der Waals surface area contributed by atoms with E-state index in [1.54, 1.807) is 26.4 Å². The third kappa shape index (κ3) is 4.73. The average molecular weight is 524 g/mol. The Hall–Kier alpha value is -4.26. The summed E-state index contributed by atoms with van der Waals surface area (Å²) in [7, 11) is 3.19. The minimum absolute atomic E-state index is 0.248. The van der Waals surface area contributed by atoms with Crippen LogP contribution in [-0.2, 0) is 19.3 Å². The quantitative estimate of drug-likeness (QED) is 0.326. The van der Waals surface area contributed by atoms with Gasteiger partial charge in [0.1, 0.15) is 28.3 Å². The maximum Gasteiger partial charge on any atom is 0.261 e. The molecule has 0 radical (unpaired) electrons. The lowest BCUT2D eigenvalue weighted by atomic mass is 9.90. The first-order chi connectivity index (χ1) is 19.1. The molecule has 0 saturated carbocycles. The van der Waals surface area contributed by atoms with Crippen LogP contribution in [0.5, 0.6) is 11.5 Å². The SMILES string of the molecule is CCc1ccc(NC(=O)c2cc3cc4c5c(c3oc2=Nc2ccc(OC)cc2OC)CCCN5CCC4)cc1. The van der Waals surface area contributed by atoms with Gasteiger partial charge in [0.15, 0.2) is 0 Å². The van der Waals surface area contributed by atoms with Crippen molar-refractivity contribution in [3.8, 4) is 11.5 Å². The molecule has 0 fully saturated rings. The number of benzene rings is 3. The van der Waals surface area contributed by atoms with Gasteiger partial charge in [-0.1, -0.05) is 19.1 Å². The number of aryl methyl sites for hydroxylation is 3. The average Bonchev–Trinajstić information content (AvgIpc) is 2.98. The zero-order chi connectivity index (χ0) is 26.9. The number of nitrogens with zero attached hydrogens (tertiary/aromatic N) is 2. The van der Waals surface area contributed by atoms with Gasteiger partial charge < -0.3 is 24.1 Å².